The molecule has 0 unspecified atom stereocenters. The first-order chi connectivity index (χ1) is 60.5. The topological polar surface area (TPSA) is 748 Å². The number of nitrogens with two attached hydrogens (primary N) is 4. The van der Waals surface area contributed by atoms with Crippen molar-refractivity contribution in [3.63, 3.8) is 0 Å². The van der Waals surface area contributed by atoms with Gasteiger partial charge in [0.2, 0.25) is 82.7 Å². The fraction of sp³-hybridized carbons (Fsp3) is 0.506. The van der Waals surface area contributed by atoms with E-state index in [9.17, 15) is 102 Å². The highest BCUT2D eigenvalue weighted by Gasteiger charge is 2.43. The van der Waals surface area contributed by atoms with Gasteiger partial charge in [-0.1, -0.05) is 94.8 Å². The second-order valence-corrected chi connectivity index (χ2v) is 31.8. The average molecular weight is 1830 g/mol. The van der Waals surface area contributed by atoms with E-state index in [1.165, 1.54) is 37.4 Å². The number of guanidine groups is 2. The van der Waals surface area contributed by atoms with Crippen LogP contribution in [0.4, 0.5) is 0 Å². The van der Waals surface area contributed by atoms with Gasteiger partial charge in [-0.15, -0.1) is 0 Å². The second-order valence-electron chi connectivity index (χ2n) is 31.1. The molecule has 1 saturated heterocycles. The van der Waals surface area contributed by atoms with E-state index in [-0.39, 0.29) is 101 Å². The molecule has 0 aliphatic carbocycles. The van der Waals surface area contributed by atoms with E-state index < -0.39 is 253 Å². The van der Waals surface area contributed by atoms with Gasteiger partial charge in [-0.05, 0) is 98.1 Å². The molecule has 1 fully saturated rings. The van der Waals surface area contributed by atoms with Crippen LogP contribution in [0.1, 0.15) is 128 Å². The number of para-hydroxylation sites is 1. The molecule has 700 valence electrons. The molecule has 15 atom stereocenters. The van der Waals surface area contributed by atoms with E-state index >= 15 is 9.59 Å². The van der Waals surface area contributed by atoms with Gasteiger partial charge in [-0.2, -0.15) is 25.3 Å². The van der Waals surface area contributed by atoms with Gasteiger partial charge in [0.05, 0.1) is 25.3 Å². The minimum atomic E-state index is -2.10. The number of H-pyrrole nitrogens is 1. The highest BCUT2D eigenvalue weighted by atomic mass is 32.1. The molecular weight excluding hydrogens is 1710 g/mol. The van der Waals surface area contributed by atoms with Crippen molar-refractivity contribution < 1.29 is 112 Å². The first kappa shape index (κ1) is 105. The number of aliphatic carboxylic acids is 4. The Bertz CT molecular complexity index is 4600. The summed E-state index contributed by atoms with van der Waals surface area (Å²) in [6.07, 6.45) is -4.42. The molecule has 3 aromatic carbocycles. The van der Waals surface area contributed by atoms with E-state index in [0.29, 0.717) is 27.6 Å². The predicted molar refractivity (Wildman–Crippen MR) is 468 cm³/mol. The van der Waals surface area contributed by atoms with Crippen molar-refractivity contribution in [2.24, 2.45) is 34.8 Å². The number of thiol groups is 2. The van der Waals surface area contributed by atoms with Gasteiger partial charge in [0.25, 0.3) is 0 Å². The molecular formula is C81H116N22O23S2. The third-order valence-electron chi connectivity index (χ3n) is 20.5. The molecule has 2 heterocycles. The lowest BCUT2D eigenvalue weighted by molar-refractivity contribution is -0.147. The largest absolute Gasteiger partial charge is 0.508 e. The van der Waals surface area contributed by atoms with Crippen LogP contribution in [0.15, 0.2) is 85.1 Å². The molecule has 45 nitrogen and oxygen atoms in total. The molecule has 128 heavy (non-hydrogen) atoms. The number of hydrogen-bond donors (Lipinski definition) is 28. The number of aromatic nitrogens is 1. The maximum Gasteiger partial charge on any atom is 0.326 e. The van der Waals surface area contributed by atoms with Crippen molar-refractivity contribution in [3.05, 3.63) is 102 Å². The van der Waals surface area contributed by atoms with Crippen molar-refractivity contribution in [3.8, 4) is 5.75 Å². The summed E-state index contributed by atoms with van der Waals surface area (Å²) < 4.78 is 0. The standard InChI is InChI=1S/C81H116N22O23S2/c1-5-41(4)65(102-69(115)50(19-12-28-89-81(86)87)93-76(122)60-20-13-29-103(60)78(124)56(36-64(110)111)98-73(119)54(34-62(106)107)96-75(121)58(38-127)100-66(112)47(82)30-40(2)3)77(123)97-55(35-63(108)109)72(118)91-49(18-11-27-88-80(84)85)67(113)95-53(33-44-37-90-48-17-10-9-16-46(44)48)71(117)94-52(31-43-21-23-45(104)24-22-43)70(116)101-59(39-128)74(120)92-51(25-26-61(83)105)68(114)99-57(79(125)126)32-42-14-7-6-8-15-42/h6-10,14-17,21-24,37,40-41,47,49-60,65,90,104,127-128H,5,11-13,18-20,25-36,38-39,82H2,1-4H3,(H2,83,105)(H,91,118)(H,92,120)(H,93,122)(H,94,117)(H,95,113)(H,96,121)(H,97,123)(H,98,119)(H,99,114)(H,100,112)(H,101,116)(H,102,115)(H,106,107)(H,108,109)(H,110,111)(H,125,126)(H4,84,85,88)(H4,86,87,89)/t41-,47-,49-,50-,51-,52-,53-,54-,55-,56-,57-,58-,59-,60-,65-/m0/s1. The maximum atomic E-state index is 15.3. The van der Waals surface area contributed by atoms with Gasteiger partial charge in [-0.25, -0.2) is 4.79 Å². The molecule has 5 rings (SSSR count). The van der Waals surface area contributed by atoms with Crippen LogP contribution in [-0.2, 0) is 106 Å². The lowest BCUT2D eigenvalue weighted by Crippen LogP contribution is -2.62. The van der Waals surface area contributed by atoms with Gasteiger partial charge in [-0.3, -0.25) is 92.3 Å². The number of benzene rings is 3. The zero-order valence-corrected chi connectivity index (χ0v) is 72.7. The summed E-state index contributed by atoms with van der Waals surface area (Å²) in [7, 11) is 0. The Morgan fingerprint density at radius 2 is 0.898 bits per heavy atom. The van der Waals surface area contributed by atoms with Gasteiger partial charge in [0, 0.05) is 73.9 Å². The molecule has 0 spiro atoms. The molecule has 0 radical (unpaired) electrons. The fourth-order valence-electron chi connectivity index (χ4n) is 13.6. The van der Waals surface area contributed by atoms with Gasteiger partial charge >= 0.3 is 23.9 Å². The number of aromatic amines is 1. The number of likely N-dealkylation sites (tertiary alicyclic amines) is 1. The van der Waals surface area contributed by atoms with Crippen LogP contribution in [0.2, 0.25) is 0 Å². The number of carbonyl (C=O) groups is 18. The van der Waals surface area contributed by atoms with Gasteiger partial charge in [0.1, 0.15) is 84.3 Å². The minimum Gasteiger partial charge on any atom is -0.508 e. The Hall–Kier alpha value is -13.3. The molecule has 1 aliphatic heterocycles. The lowest BCUT2D eigenvalue weighted by Gasteiger charge is -2.31. The summed E-state index contributed by atoms with van der Waals surface area (Å²) in [6.45, 7) is 6.21. The monoisotopic (exact) mass is 1830 g/mol. The quantitative estimate of drug-likeness (QED) is 0.00855. The SMILES string of the molecule is CC[C@H](C)[C@H](NC(=O)[C@H](CCCNC(=N)N)NC(=O)[C@@H]1CCCN1C(=O)[C@H](CC(=O)O)NC(=O)[C@H](CC(=O)O)NC(=O)[C@H](CS)NC(=O)[C@@H](N)CC(C)C)C(=O)N[C@@H](CC(=O)O)C(=O)N[C@@H](CCCNC(=N)N)C(=O)N[C@@H](Cc1c[nH]c2ccccc12)C(=O)N[C@@H](Cc1ccc(O)cc1)C(=O)N[C@@H](CS)C(=O)N[C@@H](CCC(N)=O)C(=O)N[C@@H](Cc1ccccc1)C(=O)O. The Morgan fingerprint density at radius 1 is 0.484 bits per heavy atom. The van der Waals surface area contributed by atoms with Crippen molar-refractivity contribution in [1.29, 1.82) is 10.8 Å². The van der Waals surface area contributed by atoms with E-state index in [4.69, 9.17) is 33.8 Å². The summed E-state index contributed by atoms with van der Waals surface area (Å²) in [5, 5.41) is 101. The van der Waals surface area contributed by atoms with Crippen molar-refractivity contribution >= 4 is 155 Å². The summed E-state index contributed by atoms with van der Waals surface area (Å²) in [6, 6.07) is -3.18. The second kappa shape index (κ2) is 52.6. The van der Waals surface area contributed by atoms with E-state index in [2.05, 4.69) is 105 Å². The summed E-state index contributed by atoms with van der Waals surface area (Å²) >= 11 is 8.40. The zero-order valence-electron chi connectivity index (χ0n) is 70.9. The first-order valence-corrected chi connectivity index (χ1v) is 42.4. The van der Waals surface area contributed by atoms with Crippen LogP contribution in [0.25, 0.3) is 10.9 Å². The normalized spacial score (nSPS) is 15.6. The van der Waals surface area contributed by atoms with E-state index in [1.807, 2.05) is 0 Å². The zero-order chi connectivity index (χ0) is 95.2. The number of fused-ring (bicyclic) bond motifs is 1. The summed E-state index contributed by atoms with van der Waals surface area (Å²) in [5.41, 5.74) is 24.3. The number of nitrogens with zero attached hydrogens (tertiary/aromatic N) is 1. The number of rotatable bonds is 55. The summed E-state index contributed by atoms with van der Waals surface area (Å²) in [5.74, 6) is -24.7. The van der Waals surface area contributed by atoms with Crippen LogP contribution in [0.5, 0.6) is 5.75 Å². The van der Waals surface area contributed by atoms with Crippen molar-refractivity contribution in [1.82, 2.24) is 84.3 Å². The Kier molecular flexibility index (Phi) is 43.2. The van der Waals surface area contributed by atoms with Crippen LogP contribution >= 0.6 is 25.3 Å². The molecule has 14 amide bonds. The minimum absolute atomic E-state index is 0.0330. The third kappa shape index (κ3) is 35.2. The Labute approximate surface area is 746 Å². The molecule has 30 N–H and O–H groups in total. The molecule has 47 heteroatoms. The molecule has 0 bridgehead atoms. The number of phenols is 1. The number of carbonyl (C=O) groups excluding carboxylic acids is 14. The average Bonchev–Trinajstić information content (AvgIpc) is 1.68. The van der Waals surface area contributed by atoms with Crippen LogP contribution < -0.4 is 97.4 Å². The number of aromatic hydroxyl groups is 1. The highest BCUT2D eigenvalue weighted by molar-refractivity contribution is 7.80. The number of phenolic OH excluding ortho intramolecular Hbond substituents is 1. The van der Waals surface area contributed by atoms with Crippen LogP contribution in [-0.4, -0.2) is 270 Å². The number of carboxylic acid groups (broad SMARTS) is 4. The maximum absolute atomic E-state index is 15.3. The fourth-order valence-corrected chi connectivity index (χ4v) is 14.1. The Balaban J connectivity index is 1.45. The van der Waals surface area contributed by atoms with Gasteiger partial charge in [0.15, 0.2) is 11.9 Å². The van der Waals surface area contributed by atoms with Crippen LogP contribution in [0, 0.1) is 22.7 Å². The van der Waals surface area contributed by atoms with E-state index in [0.717, 1.165) is 4.90 Å². The molecule has 4 aromatic rings. The Morgan fingerprint density at radius 3 is 1.41 bits per heavy atom. The lowest BCUT2D eigenvalue weighted by atomic mass is 9.96. The number of amides is 14. The number of hydrogen-bond acceptors (Lipinski definition) is 24. The van der Waals surface area contributed by atoms with Crippen LogP contribution in [0.3, 0.4) is 0 Å². The molecule has 0 saturated carbocycles. The number of nitrogens with one attached hydrogen (secondary N) is 17. The number of primary amides is 1. The molecule has 1 aromatic heterocycles. The first-order valence-electron chi connectivity index (χ1n) is 41.1. The van der Waals surface area contributed by atoms with E-state index in [1.54, 1.807) is 75.4 Å². The van der Waals surface area contributed by atoms with Gasteiger partial charge < -0.3 is 133 Å². The summed E-state index contributed by atoms with van der Waals surface area (Å²) in [4.78, 5) is 253. The van der Waals surface area contributed by atoms with Crippen molar-refractivity contribution in [2.45, 2.75) is 215 Å². The predicted octanol–water partition coefficient (Wildman–Crippen LogP) is -4.71. The number of carboxylic acids is 4. The van der Waals surface area contributed by atoms with Crippen molar-refractivity contribution in [2.75, 3.05) is 31.1 Å². The molecule has 1 aliphatic rings. The smallest absolute Gasteiger partial charge is 0.326 e. The third-order valence-corrected chi connectivity index (χ3v) is 21.3. The highest BCUT2D eigenvalue weighted by Crippen LogP contribution is 2.24.